The first-order valence-electron chi connectivity index (χ1n) is 8.08. The third-order valence-electron chi connectivity index (χ3n) is 4.09. The van der Waals surface area contributed by atoms with Crippen LogP contribution < -0.4 is 5.32 Å². The van der Waals surface area contributed by atoms with Crippen molar-refractivity contribution in [3.63, 3.8) is 0 Å². The van der Waals surface area contributed by atoms with Crippen LogP contribution >= 0.6 is 11.6 Å². The second-order valence-electron chi connectivity index (χ2n) is 5.90. The summed E-state index contributed by atoms with van der Waals surface area (Å²) in [6, 6.07) is 13.4. The molecule has 7 heteroatoms. The zero-order chi connectivity index (χ0) is 18.7. The molecule has 0 saturated carbocycles. The van der Waals surface area contributed by atoms with Crippen molar-refractivity contribution in [3.05, 3.63) is 70.2 Å². The SMILES string of the molecule is CC(OC(=O)c1ccc(CN2C(=O)CNC2=O)cc1)c1ccccc1Cl. The van der Waals surface area contributed by atoms with E-state index in [1.807, 2.05) is 18.2 Å². The van der Waals surface area contributed by atoms with Gasteiger partial charge >= 0.3 is 12.0 Å². The molecule has 0 aromatic heterocycles. The Morgan fingerprint density at radius 1 is 1.19 bits per heavy atom. The first-order chi connectivity index (χ1) is 12.5. The highest BCUT2D eigenvalue weighted by Crippen LogP contribution is 2.26. The van der Waals surface area contributed by atoms with Gasteiger partial charge in [0.05, 0.1) is 18.7 Å². The van der Waals surface area contributed by atoms with Gasteiger partial charge in [0.1, 0.15) is 6.10 Å². The van der Waals surface area contributed by atoms with Crippen molar-refractivity contribution in [2.45, 2.75) is 19.6 Å². The third kappa shape index (κ3) is 3.86. The molecule has 3 amide bonds. The largest absolute Gasteiger partial charge is 0.454 e. The number of nitrogens with one attached hydrogen (secondary N) is 1. The van der Waals surface area contributed by atoms with Gasteiger partial charge in [-0.05, 0) is 30.7 Å². The van der Waals surface area contributed by atoms with Crippen molar-refractivity contribution in [1.29, 1.82) is 0 Å². The molecular weight excluding hydrogens is 356 g/mol. The predicted molar refractivity (Wildman–Crippen MR) is 95.7 cm³/mol. The number of carbonyl (C=O) groups is 3. The Hall–Kier alpha value is -2.86. The minimum Gasteiger partial charge on any atom is -0.454 e. The van der Waals surface area contributed by atoms with Crippen LogP contribution in [-0.4, -0.2) is 29.4 Å². The first kappa shape index (κ1) is 17.9. The fraction of sp³-hybridized carbons (Fsp3) is 0.211. The summed E-state index contributed by atoms with van der Waals surface area (Å²) < 4.78 is 5.46. The lowest BCUT2D eigenvalue weighted by molar-refractivity contribution is -0.125. The Morgan fingerprint density at radius 3 is 2.50 bits per heavy atom. The number of carbonyl (C=O) groups excluding carboxylic acids is 3. The van der Waals surface area contributed by atoms with Crippen LogP contribution in [0.25, 0.3) is 0 Å². The number of amides is 3. The number of esters is 1. The molecule has 1 fully saturated rings. The van der Waals surface area contributed by atoms with Gasteiger partial charge in [-0.25, -0.2) is 9.59 Å². The molecule has 2 aromatic rings. The van der Waals surface area contributed by atoms with Crippen LogP contribution in [0.5, 0.6) is 0 Å². The normalized spacial score (nSPS) is 14.9. The van der Waals surface area contributed by atoms with E-state index in [2.05, 4.69) is 5.32 Å². The topological polar surface area (TPSA) is 75.7 Å². The highest BCUT2D eigenvalue weighted by molar-refractivity contribution is 6.31. The van der Waals surface area contributed by atoms with Crippen LogP contribution in [0.15, 0.2) is 48.5 Å². The summed E-state index contributed by atoms with van der Waals surface area (Å²) in [5, 5.41) is 3.00. The van der Waals surface area contributed by atoms with E-state index < -0.39 is 18.1 Å². The van der Waals surface area contributed by atoms with E-state index in [0.717, 1.165) is 16.0 Å². The minimum atomic E-state index is -0.484. The van der Waals surface area contributed by atoms with Gasteiger partial charge in [-0.1, -0.05) is 41.9 Å². The van der Waals surface area contributed by atoms with Gasteiger partial charge in [-0.2, -0.15) is 0 Å². The molecule has 2 aromatic carbocycles. The van der Waals surface area contributed by atoms with Gasteiger partial charge < -0.3 is 10.1 Å². The number of rotatable bonds is 5. The number of imide groups is 1. The summed E-state index contributed by atoms with van der Waals surface area (Å²) in [6.45, 7) is 1.93. The van der Waals surface area contributed by atoms with Gasteiger partial charge in [0.15, 0.2) is 0 Å². The van der Waals surface area contributed by atoms with E-state index in [-0.39, 0.29) is 19.0 Å². The molecule has 134 valence electrons. The van der Waals surface area contributed by atoms with Crippen LogP contribution in [0.4, 0.5) is 4.79 Å². The highest BCUT2D eigenvalue weighted by atomic mass is 35.5. The smallest absolute Gasteiger partial charge is 0.338 e. The number of ether oxygens (including phenoxy) is 1. The summed E-state index contributed by atoms with van der Waals surface area (Å²) in [7, 11) is 0. The van der Waals surface area contributed by atoms with Crippen LogP contribution in [0.1, 0.15) is 34.5 Å². The molecule has 6 nitrogen and oxygen atoms in total. The molecule has 1 saturated heterocycles. The van der Waals surface area contributed by atoms with E-state index in [1.165, 1.54) is 0 Å². The van der Waals surface area contributed by atoms with Crippen LogP contribution in [0, 0.1) is 0 Å². The molecule has 1 heterocycles. The van der Waals surface area contributed by atoms with Gasteiger partial charge in [-0.3, -0.25) is 9.69 Å². The van der Waals surface area contributed by atoms with E-state index in [1.54, 1.807) is 37.3 Å². The molecule has 1 aliphatic heterocycles. The zero-order valence-electron chi connectivity index (χ0n) is 14.1. The number of nitrogens with zero attached hydrogens (tertiary/aromatic N) is 1. The molecule has 0 bridgehead atoms. The van der Waals surface area contributed by atoms with Crippen molar-refractivity contribution in [2.75, 3.05) is 6.54 Å². The Kier molecular flexibility index (Phi) is 5.23. The molecule has 1 N–H and O–H groups in total. The van der Waals surface area contributed by atoms with E-state index in [0.29, 0.717) is 10.6 Å². The summed E-state index contributed by atoms with van der Waals surface area (Å²) in [6.07, 6.45) is -0.484. The van der Waals surface area contributed by atoms with Crippen molar-refractivity contribution < 1.29 is 19.1 Å². The number of hydrogen-bond donors (Lipinski definition) is 1. The number of benzene rings is 2. The molecule has 26 heavy (non-hydrogen) atoms. The standard InChI is InChI=1S/C19H17ClN2O4/c1-12(15-4-2-3-5-16(15)20)26-18(24)14-8-6-13(7-9-14)11-22-17(23)10-21-19(22)25/h2-9,12H,10-11H2,1H3,(H,21,25). The van der Waals surface area contributed by atoms with E-state index in [9.17, 15) is 14.4 Å². The average Bonchev–Trinajstić information content (AvgIpc) is 2.94. The summed E-state index contributed by atoms with van der Waals surface area (Å²) >= 11 is 6.12. The second kappa shape index (κ2) is 7.58. The molecule has 0 radical (unpaired) electrons. The maximum Gasteiger partial charge on any atom is 0.338 e. The molecule has 0 spiro atoms. The molecule has 1 unspecified atom stereocenters. The second-order valence-corrected chi connectivity index (χ2v) is 6.31. The Balaban J connectivity index is 1.64. The van der Waals surface area contributed by atoms with Gasteiger partial charge in [0.2, 0.25) is 5.91 Å². The Morgan fingerprint density at radius 2 is 1.88 bits per heavy atom. The summed E-state index contributed by atoms with van der Waals surface area (Å²) in [4.78, 5) is 36.6. The number of hydrogen-bond acceptors (Lipinski definition) is 4. The van der Waals surface area contributed by atoms with Gasteiger partial charge in [0, 0.05) is 10.6 Å². The molecule has 0 aliphatic carbocycles. The van der Waals surface area contributed by atoms with Crippen LogP contribution in [0.3, 0.4) is 0 Å². The van der Waals surface area contributed by atoms with Gasteiger partial charge in [-0.15, -0.1) is 0 Å². The van der Waals surface area contributed by atoms with Gasteiger partial charge in [0.25, 0.3) is 0 Å². The molecule has 3 rings (SSSR count). The monoisotopic (exact) mass is 372 g/mol. The maximum atomic E-state index is 12.3. The first-order valence-corrected chi connectivity index (χ1v) is 8.46. The molecular formula is C19H17ClN2O4. The van der Waals surface area contributed by atoms with Crippen molar-refractivity contribution in [2.24, 2.45) is 0 Å². The lowest BCUT2D eigenvalue weighted by Gasteiger charge is -2.15. The lowest BCUT2D eigenvalue weighted by Crippen LogP contribution is -2.30. The fourth-order valence-corrected chi connectivity index (χ4v) is 2.93. The quantitative estimate of drug-likeness (QED) is 0.645. The zero-order valence-corrected chi connectivity index (χ0v) is 14.8. The molecule has 1 atom stereocenters. The average molecular weight is 373 g/mol. The molecule has 1 aliphatic rings. The fourth-order valence-electron chi connectivity index (χ4n) is 2.64. The summed E-state index contributed by atoms with van der Waals surface area (Å²) in [5.41, 5.74) is 1.86. The third-order valence-corrected chi connectivity index (χ3v) is 4.44. The number of urea groups is 1. The van der Waals surface area contributed by atoms with Crippen LogP contribution in [0.2, 0.25) is 5.02 Å². The maximum absolute atomic E-state index is 12.3. The van der Waals surface area contributed by atoms with Crippen molar-refractivity contribution in [1.82, 2.24) is 10.2 Å². The number of halogens is 1. The Bertz CT molecular complexity index is 835. The van der Waals surface area contributed by atoms with E-state index in [4.69, 9.17) is 16.3 Å². The Labute approximate surface area is 155 Å². The summed E-state index contributed by atoms with van der Waals surface area (Å²) in [5.74, 6) is -0.744. The van der Waals surface area contributed by atoms with E-state index >= 15 is 0 Å². The predicted octanol–water partition coefficient (Wildman–Crippen LogP) is 3.31. The van der Waals surface area contributed by atoms with Crippen molar-refractivity contribution in [3.8, 4) is 0 Å². The minimum absolute atomic E-state index is 0.0170. The van der Waals surface area contributed by atoms with Crippen LogP contribution in [-0.2, 0) is 16.1 Å². The highest BCUT2D eigenvalue weighted by Gasteiger charge is 2.28. The lowest BCUT2D eigenvalue weighted by atomic mass is 10.1. The van der Waals surface area contributed by atoms with Crippen molar-refractivity contribution >= 4 is 29.5 Å².